The monoisotopic (exact) mass is 436 g/mol. The van der Waals surface area contributed by atoms with Gasteiger partial charge in [-0.2, -0.15) is 0 Å². The van der Waals surface area contributed by atoms with E-state index in [-0.39, 0.29) is 5.91 Å². The smallest absolute Gasteiger partial charge is 0.233 e. The summed E-state index contributed by atoms with van der Waals surface area (Å²) in [6, 6.07) is 12.1. The van der Waals surface area contributed by atoms with Crippen molar-refractivity contribution in [3.05, 3.63) is 42.0 Å². The average Bonchev–Trinajstić information content (AvgIpc) is 3.66. The summed E-state index contributed by atoms with van der Waals surface area (Å²) < 4.78 is 5.54. The van der Waals surface area contributed by atoms with E-state index in [1.807, 2.05) is 29.2 Å². The van der Waals surface area contributed by atoms with Gasteiger partial charge in [-0.1, -0.05) is 18.2 Å². The molecule has 3 aliphatic rings. The van der Waals surface area contributed by atoms with Crippen LogP contribution in [0.1, 0.15) is 18.4 Å². The topological polar surface area (TPSA) is 65.0 Å². The Bertz CT molecular complexity index is 945. The second kappa shape index (κ2) is 8.58. The molecule has 0 unspecified atom stereocenters. The number of methoxy groups -OCH3 is 1. The molecule has 5 rings (SSSR count). The Hall–Kier alpha value is -2.87. The lowest BCUT2D eigenvalue weighted by Gasteiger charge is -2.37. The van der Waals surface area contributed by atoms with Crippen LogP contribution in [-0.4, -0.2) is 92.4 Å². The summed E-state index contributed by atoms with van der Waals surface area (Å²) >= 11 is 0. The van der Waals surface area contributed by atoms with Crippen molar-refractivity contribution in [1.82, 2.24) is 20.0 Å². The van der Waals surface area contributed by atoms with Gasteiger partial charge in [-0.25, -0.2) is 0 Å². The zero-order valence-electron chi connectivity index (χ0n) is 19.0. The Labute approximate surface area is 189 Å². The lowest BCUT2D eigenvalue weighted by molar-refractivity contribution is -0.134. The number of carbonyl (C=O) groups is 1. The highest BCUT2D eigenvalue weighted by Crippen LogP contribution is 2.52. The first-order valence-electron chi connectivity index (χ1n) is 11.6. The molecule has 0 bridgehead atoms. The van der Waals surface area contributed by atoms with Crippen LogP contribution < -0.4 is 14.5 Å². The van der Waals surface area contributed by atoms with Crippen LogP contribution in [0.25, 0.3) is 0 Å². The van der Waals surface area contributed by atoms with Crippen molar-refractivity contribution in [3.63, 3.8) is 0 Å². The van der Waals surface area contributed by atoms with Gasteiger partial charge in [0.05, 0.1) is 12.5 Å². The Morgan fingerprint density at radius 1 is 0.844 bits per heavy atom. The number of ether oxygens (including phenoxy) is 1. The molecule has 1 aromatic heterocycles. The maximum Gasteiger partial charge on any atom is 0.233 e. The van der Waals surface area contributed by atoms with Gasteiger partial charge in [0, 0.05) is 57.9 Å². The molecule has 0 N–H and O–H groups in total. The summed E-state index contributed by atoms with van der Waals surface area (Å²) in [6.45, 7) is 7.03. The molecule has 1 aromatic carbocycles. The molecule has 8 heteroatoms. The summed E-state index contributed by atoms with van der Waals surface area (Å²) in [6.07, 6.45) is 1.79. The van der Waals surface area contributed by atoms with Crippen molar-refractivity contribution in [2.75, 3.05) is 76.3 Å². The third-order valence-corrected chi connectivity index (χ3v) is 7.14. The molecule has 1 saturated carbocycles. The molecular formula is C24H32N6O2. The Morgan fingerprint density at radius 3 is 1.94 bits per heavy atom. The molecule has 2 aromatic rings. The highest BCUT2D eigenvalue weighted by Gasteiger charge is 2.54. The zero-order valence-corrected chi connectivity index (χ0v) is 19.0. The normalized spacial score (nSPS) is 20.9. The van der Waals surface area contributed by atoms with E-state index in [4.69, 9.17) is 4.74 Å². The van der Waals surface area contributed by atoms with E-state index < -0.39 is 5.41 Å². The number of nitrogens with zero attached hydrogens (tertiary/aromatic N) is 6. The molecule has 0 spiro atoms. The van der Waals surface area contributed by atoms with Gasteiger partial charge in [0.2, 0.25) is 5.91 Å². The number of benzene rings is 1. The number of piperazine rings is 2. The number of likely N-dealkylation sites (N-methyl/N-ethyl adjacent to an activating group) is 1. The number of aromatic nitrogens is 2. The van der Waals surface area contributed by atoms with E-state index in [1.165, 1.54) is 0 Å². The summed E-state index contributed by atoms with van der Waals surface area (Å²) in [5, 5.41) is 8.98. The molecule has 2 aliphatic heterocycles. The highest BCUT2D eigenvalue weighted by atomic mass is 16.5. The number of anilines is 2. The summed E-state index contributed by atoms with van der Waals surface area (Å²) in [5.74, 6) is 2.88. The van der Waals surface area contributed by atoms with E-state index in [1.54, 1.807) is 7.11 Å². The van der Waals surface area contributed by atoms with E-state index in [9.17, 15) is 4.79 Å². The summed E-state index contributed by atoms with van der Waals surface area (Å²) in [4.78, 5) is 22.3. The van der Waals surface area contributed by atoms with E-state index in [2.05, 4.69) is 44.1 Å². The van der Waals surface area contributed by atoms with Gasteiger partial charge in [0.15, 0.2) is 11.6 Å². The molecule has 0 radical (unpaired) electrons. The second-order valence-corrected chi connectivity index (χ2v) is 9.10. The van der Waals surface area contributed by atoms with Crippen LogP contribution in [0, 0.1) is 0 Å². The van der Waals surface area contributed by atoms with Crippen LogP contribution in [0.2, 0.25) is 0 Å². The molecule has 2 saturated heterocycles. The molecule has 1 aliphatic carbocycles. The van der Waals surface area contributed by atoms with Crippen LogP contribution in [0.5, 0.6) is 5.75 Å². The van der Waals surface area contributed by atoms with E-state index in [0.29, 0.717) is 13.1 Å². The van der Waals surface area contributed by atoms with Crippen molar-refractivity contribution >= 4 is 17.5 Å². The van der Waals surface area contributed by atoms with Crippen LogP contribution in [0.4, 0.5) is 11.6 Å². The van der Waals surface area contributed by atoms with E-state index in [0.717, 1.165) is 75.1 Å². The van der Waals surface area contributed by atoms with Gasteiger partial charge in [-0.15, -0.1) is 10.2 Å². The highest BCUT2D eigenvalue weighted by molar-refractivity contribution is 5.92. The SMILES string of the molecule is COc1ccccc1C1(C(=O)N2CCN(c3ccc(N4CCN(C)CC4)nn3)CC2)CC1. The number of hydrogen-bond acceptors (Lipinski definition) is 7. The van der Waals surface area contributed by atoms with Crippen LogP contribution in [0.3, 0.4) is 0 Å². The molecule has 32 heavy (non-hydrogen) atoms. The predicted molar refractivity (Wildman–Crippen MR) is 124 cm³/mol. The van der Waals surface area contributed by atoms with Gasteiger partial charge in [0.25, 0.3) is 0 Å². The predicted octanol–water partition coefficient (Wildman–Crippen LogP) is 1.62. The first kappa shape index (κ1) is 21.0. The standard InChI is InChI=1S/C24H32N6O2/c1-27-11-13-28(14-12-27)21-7-8-22(26-25-21)29-15-17-30(18-16-29)23(31)24(9-10-24)19-5-3-4-6-20(19)32-2/h3-8H,9-18H2,1-2H3. The molecule has 1 amide bonds. The Kier molecular flexibility index (Phi) is 5.63. The molecular weight excluding hydrogens is 404 g/mol. The fourth-order valence-corrected chi connectivity index (χ4v) is 4.90. The zero-order chi connectivity index (χ0) is 22.1. The van der Waals surface area contributed by atoms with Gasteiger partial charge >= 0.3 is 0 Å². The first-order valence-corrected chi connectivity index (χ1v) is 11.6. The Balaban J connectivity index is 1.20. The number of para-hydroxylation sites is 1. The third-order valence-electron chi connectivity index (χ3n) is 7.14. The molecule has 8 nitrogen and oxygen atoms in total. The number of rotatable bonds is 5. The number of carbonyl (C=O) groups excluding carboxylic acids is 1. The minimum atomic E-state index is -0.404. The second-order valence-electron chi connectivity index (χ2n) is 9.10. The maximum absolute atomic E-state index is 13.5. The minimum Gasteiger partial charge on any atom is -0.496 e. The number of hydrogen-bond donors (Lipinski definition) is 0. The quantitative estimate of drug-likeness (QED) is 0.706. The lowest BCUT2D eigenvalue weighted by Crippen LogP contribution is -2.52. The van der Waals surface area contributed by atoms with Crippen molar-refractivity contribution < 1.29 is 9.53 Å². The minimum absolute atomic E-state index is 0.234. The first-order chi connectivity index (χ1) is 15.6. The summed E-state index contributed by atoms with van der Waals surface area (Å²) in [7, 11) is 3.83. The molecule has 3 heterocycles. The van der Waals surface area contributed by atoms with Crippen LogP contribution in [-0.2, 0) is 10.2 Å². The van der Waals surface area contributed by atoms with Crippen LogP contribution in [0.15, 0.2) is 36.4 Å². The average molecular weight is 437 g/mol. The Morgan fingerprint density at radius 2 is 1.41 bits per heavy atom. The molecule has 0 atom stereocenters. The maximum atomic E-state index is 13.5. The van der Waals surface area contributed by atoms with Gasteiger partial charge in [-0.3, -0.25) is 4.79 Å². The van der Waals surface area contributed by atoms with Crippen molar-refractivity contribution in [3.8, 4) is 5.75 Å². The largest absolute Gasteiger partial charge is 0.496 e. The van der Waals surface area contributed by atoms with Crippen molar-refractivity contribution in [2.24, 2.45) is 0 Å². The number of amides is 1. The van der Waals surface area contributed by atoms with Gasteiger partial charge in [-0.05, 0) is 38.1 Å². The van der Waals surface area contributed by atoms with Crippen molar-refractivity contribution in [2.45, 2.75) is 18.3 Å². The molecule has 3 fully saturated rings. The third kappa shape index (κ3) is 3.88. The molecule has 170 valence electrons. The summed E-state index contributed by atoms with van der Waals surface area (Å²) in [5.41, 5.74) is 0.624. The fourth-order valence-electron chi connectivity index (χ4n) is 4.90. The fraction of sp³-hybridized carbons (Fsp3) is 0.542. The van der Waals surface area contributed by atoms with Gasteiger partial charge < -0.3 is 24.3 Å². The van der Waals surface area contributed by atoms with E-state index >= 15 is 0 Å². The lowest BCUT2D eigenvalue weighted by atomic mass is 9.93. The van der Waals surface area contributed by atoms with Gasteiger partial charge in [0.1, 0.15) is 5.75 Å². The van der Waals surface area contributed by atoms with Crippen molar-refractivity contribution in [1.29, 1.82) is 0 Å². The van der Waals surface area contributed by atoms with Crippen LogP contribution >= 0.6 is 0 Å².